The van der Waals surface area contributed by atoms with E-state index in [9.17, 15) is 4.79 Å². The number of amides is 2. The van der Waals surface area contributed by atoms with Crippen molar-refractivity contribution in [3.8, 4) is 0 Å². The molecule has 2 saturated heterocycles. The first kappa shape index (κ1) is 16.3. The molecule has 6 nitrogen and oxygen atoms in total. The van der Waals surface area contributed by atoms with Crippen molar-refractivity contribution in [2.45, 2.75) is 43.8 Å². The van der Waals surface area contributed by atoms with Crippen LogP contribution in [0.2, 0.25) is 0 Å². The molecule has 0 saturated carbocycles. The number of urea groups is 1. The van der Waals surface area contributed by atoms with Crippen LogP contribution in [0.4, 0.5) is 4.79 Å². The smallest absolute Gasteiger partial charge is 0.315 e. The van der Waals surface area contributed by atoms with Crippen molar-refractivity contribution in [2.24, 2.45) is 0 Å². The quantitative estimate of drug-likeness (QED) is 0.869. The predicted molar refractivity (Wildman–Crippen MR) is 89.3 cm³/mol. The van der Waals surface area contributed by atoms with E-state index in [-0.39, 0.29) is 18.1 Å². The van der Waals surface area contributed by atoms with Crippen molar-refractivity contribution in [2.75, 3.05) is 33.7 Å². The molecule has 0 aliphatic carbocycles. The van der Waals surface area contributed by atoms with Gasteiger partial charge in [0, 0.05) is 25.2 Å². The number of fused-ring (bicyclic) bond motifs is 1. The Morgan fingerprint density at radius 3 is 3.00 bits per heavy atom. The highest BCUT2D eigenvalue weighted by atomic mass is 16.3. The van der Waals surface area contributed by atoms with Gasteiger partial charge in [-0.1, -0.05) is 6.42 Å². The van der Waals surface area contributed by atoms with E-state index in [4.69, 9.17) is 4.42 Å². The minimum atomic E-state index is -0.0687. The largest absolute Gasteiger partial charge is 0.468 e. The zero-order chi connectivity index (χ0) is 16.2. The van der Waals surface area contributed by atoms with E-state index in [0.717, 1.165) is 18.7 Å². The molecule has 0 unspecified atom stereocenters. The van der Waals surface area contributed by atoms with Crippen LogP contribution >= 0.6 is 0 Å². The van der Waals surface area contributed by atoms with Crippen LogP contribution in [0.5, 0.6) is 0 Å². The summed E-state index contributed by atoms with van der Waals surface area (Å²) in [5, 5.41) is 6.18. The summed E-state index contributed by atoms with van der Waals surface area (Å²) in [7, 11) is 3.98. The van der Waals surface area contributed by atoms with Crippen LogP contribution in [-0.4, -0.2) is 61.6 Å². The molecule has 23 heavy (non-hydrogen) atoms. The molecule has 1 aromatic rings. The maximum atomic E-state index is 12.3. The molecule has 0 radical (unpaired) electrons. The summed E-state index contributed by atoms with van der Waals surface area (Å²) in [4.78, 5) is 16.9. The standard InChI is InChI=1S/C17H28N4O2/c1-20(2)15(16-7-5-11-23-16)12-18-17(22)19-13-8-10-21-9-4-3-6-14(13)21/h5,7,11,13-15H,3-4,6,8-10,12H2,1-2H3,(H2,18,19,22)/t13-,14+,15-/m1/s1. The van der Waals surface area contributed by atoms with Crippen molar-refractivity contribution in [1.29, 1.82) is 0 Å². The normalized spacial score (nSPS) is 26.0. The van der Waals surface area contributed by atoms with Crippen molar-refractivity contribution < 1.29 is 9.21 Å². The van der Waals surface area contributed by atoms with Crippen molar-refractivity contribution in [1.82, 2.24) is 20.4 Å². The molecule has 3 heterocycles. The molecule has 2 amide bonds. The number of rotatable bonds is 5. The van der Waals surface area contributed by atoms with Crippen LogP contribution in [-0.2, 0) is 0 Å². The Labute approximate surface area is 138 Å². The molecule has 128 valence electrons. The minimum absolute atomic E-state index is 0.0468. The Morgan fingerprint density at radius 1 is 1.39 bits per heavy atom. The average Bonchev–Trinajstić information content (AvgIpc) is 3.18. The van der Waals surface area contributed by atoms with E-state index in [0.29, 0.717) is 12.6 Å². The van der Waals surface area contributed by atoms with Gasteiger partial charge in [-0.3, -0.25) is 9.80 Å². The van der Waals surface area contributed by atoms with Gasteiger partial charge in [-0.15, -0.1) is 0 Å². The number of piperidine rings is 1. The Bertz CT molecular complexity index is 503. The summed E-state index contributed by atoms with van der Waals surface area (Å²) >= 11 is 0. The van der Waals surface area contributed by atoms with Gasteiger partial charge in [-0.05, 0) is 52.0 Å². The van der Waals surface area contributed by atoms with Gasteiger partial charge in [0.15, 0.2) is 0 Å². The van der Waals surface area contributed by atoms with Crippen LogP contribution in [0.1, 0.15) is 37.5 Å². The molecule has 2 aliphatic rings. The Hall–Kier alpha value is -1.53. The number of hydrogen-bond donors (Lipinski definition) is 2. The molecule has 0 aromatic carbocycles. The predicted octanol–water partition coefficient (Wildman–Crippen LogP) is 1.81. The van der Waals surface area contributed by atoms with E-state index in [1.165, 1.54) is 25.8 Å². The Balaban J connectivity index is 1.49. The van der Waals surface area contributed by atoms with E-state index < -0.39 is 0 Å². The van der Waals surface area contributed by atoms with Crippen molar-refractivity contribution >= 4 is 6.03 Å². The fourth-order valence-electron chi connectivity index (χ4n) is 3.84. The third-order valence-corrected chi connectivity index (χ3v) is 5.12. The molecule has 1 aromatic heterocycles. The Kier molecular flexibility index (Phi) is 5.23. The van der Waals surface area contributed by atoms with Gasteiger partial charge in [-0.25, -0.2) is 4.79 Å². The van der Waals surface area contributed by atoms with Gasteiger partial charge in [0.25, 0.3) is 0 Å². The van der Waals surface area contributed by atoms with Crippen molar-refractivity contribution in [3.05, 3.63) is 24.2 Å². The molecule has 3 atom stereocenters. The summed E-state index contributed by atoms with van der Waals surface area (Å²) < 4.78 is 5.47. The molecular weight excluding hydrogens is 292 g/mol. The van der Waals surface area contributed by atoms with Gasteiger partial charge in [0.2, 0.25) is 0 Å². The van der Waals surface area contributed by atoms with E-state index in [1.807, 2.05) is 26.2 Å². The van der Waals surface area contributed by atoms with Gasteiger partial charge in [-0.2, -0.15) is 0 Å². The topological polar surface area (TPSA) is 60.8 Å². The van der Waals surface area contributed by atoms with Crippen LogP contribution in [0, 0.1) is 0 Å². The number of nitrogens with zero attached hydrogens (tertiary/aromatic N) is 2. The number of carbonyl (C=O) groups is 1. The summed E-state index contributed by atoms with van der Waals surface area (Å²) in [6.07, 6.45) is 6.51. The highest BCUT2D eigenvalue weighted by Crippen LogP contribution is 2.27. The first-order valence-corrected chi connectivity index (χ1v) is 8.63. The van der Waals surface area contributed by atoms with Gasteiger partial charge >= 0.3 is 6.03 Å². The highest BCUT2D eigenvalue weighted by molar-refractivity contribution is 5.74. The fourth-order valence-corrected chi connectivity index (χ4v) is 3.84. The van der Waals surface area contributed by atoms with Crippen molar-refractivity contribution in [3.63, 3.8) is 0 Å². The lowest BCUT2D eigenvalue weighted by Gasteiger charge is -2.32. The number of hydrogen-bond acceptors (Lipinski definition) is 4. The second-order valence-electron chi connectivity index (χ2n) is 6.84. The number of furan rings is 1. The van der Waals surface area contributed by atoms with Gasteiger partial charge < -0.3 is 15.1 Å². The summed E-state index contributed by atoms with van der Waals surface area (Å²) in [6.45, 7) is 2.83. The molecule has 2 N–H and O–H groups in total. The Morgan fingerprint density at radius 2 is 2.26 bits per heavy atom. The number of carbonyl (C=O) groups excluding carboxylic acids is 1. The van der Waals surface area contributed by atoms with E-state index >= 15 is 0 Å². The van der Waals surface area contributed by atoms with E-state index in [1.54, 1.807) is 6.26 Å². The molecule has 2 aliphatic heterocycles. The summed E-state index contributed by atoms with van der Waals surface area (Å²) in [5.74, 6) is 0.870. The lowest BCUT2D eigenvalue weighted by Crippen LogP contribution is -2.50. The molecule has 0 spiro atoms. The molecular formula is C17H28N4O2. The number of nitrogens with one attached hydrogen (secondary N) is 2. The SMILES string of the molecule is CN(C)[C@H](CNC(=O)N[C@@H]1CCN2CCCC[C@@H]12)c1ccco1. The molecule has 3 rings (SSSR count). The highest BCUT2D eigenvalue weighted by Gasteiger charge is 2.36. The zero-order valence-electron chi connectivity index (χ0n) is 14.1. The van der Waals surface area contributed by atoms with Gasteiger partial charge in [0.1, 0.15) is 5.76 Å². The molecule has 2 fully saturated rings. The number of likely N-dealkylation sites (N-methyl/N-ethyl adjacent to an activating group) is 1. The average molecular weight is 320 g/mol. The third kappa shape index (κ3) is 3.87. The zero-order valence-corrected chi connectivity index (χ0v) is 14.1. The maximum absolute atomic E-state index is 12.3. The van der Waals surface area contributed by atoms with Crippen LogP contribution < -0.4 is 10.6 Å². The first-order chi connectivity index (χ1) is 11.1. The minimum Gasteiger partial charge on any atom is -0.468 e. The molecule has 0 bridgehead atoms. The second-order valence-corrected chi connectivity index (χ2v) is 6.84. The lowest BCUT2D eigenvalue weighted by atomic mass is 9.99. The summed E-state index contributed by atoms with van der Waals surface area (Å²) in [5.41, 5.74) is 0. The van der Waals surface area contributed by atoms with Crippen LogP contribution in [0.3, 0.4) is 0 Å². The lowest BCUT2D eigenvalue weighted by molar-refractivity contribution is 0.178. The summed E-state index contributed by atoms with van der Waals surface area (Å²) in [6, 6.07) is 4.62. The van der Waals surface area contributed by atoms with Crippen LogP contribution in [0.25, 0.3) is 0 Å². The fraction of sp³-hybridized carbons (Fsp3) is 0.706. The van der Waals surface area contributed by atoms with Crippen LogP contribution in [0.15, 0.2) is 22.8 Å². The van der Waals surface area contributed by atoms with E-state index in [2.05, 4.69) is 20.4 Å². The monoisotopic (exact) mass is 320 g/mol. The maximum Gasteiger partial charge on any atom is 0.315 e. The first-order valence-electron chi connectivity index (χ1n) is 8.63. The molecule has 6 heteroatoms. The van der Waals surface area contributed by atoms with Gasteiger partial charge in [0.05, 0.1) is 12.3 Å². The third-order valence-electron chi connectivity index (χ3n) is 5.12. The second kappa shape index (κ2) is 7.36.